The average Bonchev–Trinajstić information content (AvgIpc) is 2.85. The van der Waals surface area contributed by atoms with E-state index in [0.717, 1.165) is 0 Å². The molecular weight excluding hydrogens is 338 g/mol. The van der Waals surface area contributed by atoms with Gasteiger partial charge >= 0.3 is 11.2 Å². The lowest BCUT2D eigenvalue weighted by molar-refractivity contribution is -0.218. The third kappa shape index (κ3) is 1.92. The lowest BCUT2D eigenvalue weighted by atomic mass is 9.94. The summed E-state index contributed by atoms with van der Waals surface area (Å²) in [6.07, 6.45) is 0.476. The van der Waals surface area contributed by atoms with Gasteiger partial charge < -0.3 is 9.29 Å². The van der Waals surface area contributed by atoms with Gasteiger partial charge in [-0.05, 0) is 18.8 Å². The fourth-order valence-corrected chi connectivity index (χ4v) is 5.63. The van der Waals surface area contributed by atoms with Crippen LogP contribution in [-0.2, 0) is 34.0 Å². The number of hydrogen-bond donors (Lipinski definition) is 0. The smallest absolute Gasteiger partial charge is 0.429 e. The van der Waals surface area contributed by atoms with E-state index in [2.05, 4.69) is 4.74 Å². The highest BCUT2D eigenvalue weighted by Gasteiger charge is 2.71. The van der Waals surface area contributed by atoms with Crippen LogP contribution in [0.1, 0.15) is 19.3 Å². The van der Waals surface area contributed by atoms with E-state index in [1.807, 2.05) is 0 Å². The molecule has 0 spiro atoms. The summed E-state index contributed by atoms with van der Waals surface area (Å²) in [4.78, 5) is 11.3. The molecule has 0 amide bonds. The number of halogens is 2. The number of rotatable bonds is 3. The maximum Gasteiger partial charge on any atom is 0.429 e. The van der Waals surface area contributed by atoms with E-state index in [4.69, 9.17) is 4.18 Å². The Balaban J connectivity index is 1.91. The molecule has 0 aromatic carbocycles. The normalized spacial score (nSPS) is 40.4. The molecular formula is C9H9F2O8S2-. The average molecular weight is 347 g/mol. The van der Waals surface area contributed by atoms with Gasteiger partial charge in [-0.2, -0.15) is 17.2 Å². The van der Waals surface area contributed by atoms with Crippen LogP contribution in [-0.4, -0.2) is 43.6 Å². The Morgan fingerprint density at radius 1 is 1.38 bits per heavy atom. The van der Waals surface area contributed by atoms with Crippen LogP contribution < -0.4 is 0 Å². The molecule has 2 aliphatic carbocycles. The lowest BCUT2D eigenvalue weighted by Crippen LogP contribution is -2.47. The van der Waals surface area contributed by atoms with Crippen molar-refractivity contribution in [3.8, 4) is 0 Å². The molecule has 1 aliphatic heterocycles. The van der Waals surface area contributed by atoms with Gasteiger partial charge in [-0.3, -0.25) is 0 Å². The van der Waals surface area contributed by atoms with Crippen LogP contribution in [0, 0.1) is 11.8 Å². The molecule has 120 valence electrons. The molecule has 0 aromatic rings. The lowest BCUT2D eigenvalue weighted by Gasteiger charge is -2.30. The van der Waals surface area contributed by atoms with Gasteiger partial charge in [-0.15, -0.1) is 0 Å². The van der Waals surface area contributed by atoms with Crippen LogP contribution in [0.25, 0.3) is 0 Å². The topological polar surface area (TPSA) is 127 Å². The van der Waals surface area contributed by atoms with Crippen molar-refractivity contribution in [2.45, 2.75) is 35.6 Å². The molecule has 1 saturated heterocycles. The Labute approximate surface area is 118 Å². The third-order valence-corrected chi connectivity index (χ3v) is 6.76. The molecule has 0 aromatic heterocycles. The maximum atomic E-state index is 13.2. The molecule has 4 unspecified atom stereocenters. The molecule has 0 radical (unpaired) electrons. The Kier molecular flexibility index (Phi) is 2.81. The number of esters is 1. The molecule has 1 heterocycles. The zero-order valence-electron chi connectivity index (χ0n) is 10.2. The van der Waals surface area contributed by atoms with E-state index in [1.54, 1.807) is 0 Å². The van der Waals surface area contributed by atoms with Crippen molar-refractivity contribution in [1.29, 1.82) is 0 Å². The summed E-state index contributed by atoms with van der Waals surface area (Å²) in [6.45, 7) is 0. The van der Waals surface area contributed by atoms with E-state index >= 15 is 0 Å². The molecule has 3 aliphatic rings. The second-order valence-electron chi connectivity index (χ2n) is 5.43. The number of hydrogen-bond acceptors (Lipinski definition) is 8. The molecule has 2 saturated carbocycles. The van der Waals surface area contributed by atoms with Crippen molar-refractivity contribution in [2.24, 2.45) is 11.8 Å². The van der Waals surface area contributed by atoms with Crippen molar-refractivity contribution in [3.63, 3.8) is 0 Å². The largest absolute Gasteiger partial charge is 0.743 e. The van der Waals surface area contributed by atoms with Crippen LogP contribution in [0.5, 0.6) is 0 Å². The molecule has 2 bridgehead atoms. The first-order valence-corrected chi connectivity index (χ1v) is 8.78. The standard InChI is InChI=1S/C9H10F2O8S2/c10-9(11,21(15,16)17)7(12)18-8-3-4-1-5(8)6(2-4)20(13,14)19-8/h4-6H,1-3H2,(H,15,16,17)/p-1. The summed E-state index contributed by atoms with van der Waals surface area (Å²) in [5.41, 5.74) is 0. The van der Waals surface area contributed by atoms with Crippen LogP contribution in [0.2, 0.25) is 0 Å². The highest BCUT2D eigenvalue weighted by Crippen LogP contribution is 2.61. The minimum Gasteiger partial charge on any atom is -0.743 e. The summed E-state index contributed by atoms with van der Waals surface area (Å²) in [6, 6.07) is 0. The van der Waals surface area contributed by atoms with Gasteiger partial charge in [0, 0.05) is 12.3 Å². The summed E-state index contributed by atoms with van der Waals surface area (Å²) >= 11 is 0. The third-order valence-electron chi connectivity index (χ3n) is 4.18. The maximum absolute atomic E-state index is 13.2. The van der Waals surface area contributed by atoms with Gasteiger partial charge in [0.2, 0.25) is 5.79 Å². The van der Waals surface area contributed by atoms with E-state index in [-0.39, 0.29) is 18.8 Å². The molecule has 21 heavy (non-hydrogen) atoms. The summed E-state index contributed by atoms with van der Waals surface area (Å²) < 4.78 is 90.0. The fraction of sp³-hybridized carbons (Fsp3) is 0.889. The highest BCUT2D eigenvalue weighted by molar-refractivity contribution is 7.88. The predicted molar refractivity (Wildman–Crippen MR) is 58.1 cm³/mol. The van der Waals surface area contributed by atoms with Gasteiger partial charge in [0.1, 0.15) is 0 Å². The Hall–Kier alpha value is -0.850. The van der Waals surface area contributed by atoms with Crippen LogP contribution in [0.4, 0.5) is 8.78 Å². The van der Waals surface area contributed by atoms with E-state index in [0.29, 0.717) is 6.42 Å². The monoisotopic (exact) mass is 347 g/mol. The quantitative estimate of drug-likeness (QED) is 0.381. The molecule has 8 nitrogen and oxygen atoms in total. The van der Waals surface area contributed by atoms with Crippen LogP contribution in [0.15, 0.2) is 0 Å². The zero-order valence-corrected chi connectivity index (χ0v) is 11.8. The number of carbonyl (C=O) groups is 1. The second-order valence-corrected chi connectivity index (χ2v) is 8.61. The molecule has 3 fully saturated rings. The summed E-state index contributed by atoms with van der Waals surface area (Å²) in [5.74, 6) is -5.72. The Bertz CT molecular complexity index is 714. The molecule has 0 N–H and O–H groups in total. The minimum atomic E-state index is -6.27. The summed E-state index contributed by atoms with van der Waals surface area (Å²) in [7, 11) is -10.3. The first-order chi connectivity index (χ1) is 9.39. The predicted octanol–water partition coefficient (Wildman–Crippen LogP) is -0.478. The van der Waals surface area contributed by atoms with E-state index < -0.39 is 48.4 Å². The number of fused-ring (bicyclic) bond motifs is 1. The van der Waals surface area contributed by atoms with E-state index in [9.17, 15) is 35.0 Å². The first-order valence-electron chi connectivity index (χ1n) is 5.90. The van der Waals surface area contributed by atoms with Crippen molar-refractivity contribution >= 4 is 26.2 Å². The first kappa shape index (κ1) is 15.1. The SMILES string of the molecule is O=C(OC12CC3CC1C(C3)S(=O)(=O)O2)C(F)(F)S(=O)(=O)[O-]. The summed E-state index contributed by atoms with van der Waals surface area (Å²) in [5, 5.41) is -6.25. The number of alkyl halides is 2. The second kappa shape index (κ2) is 3.91. The van der Waals surface area contributed by atoms with Crippen LogP contribution in [0.3, 0.4) is 0 Å². The molecule has 4 atom stereocenters. The van der Waals surface area contributed by atoms with Crippen LogP contribution >= 0.6 is 0 Å². The van der Waals surface area contributed by atoms with Gasteiger partial charge in [0.15, 0.2) is 10.1 Å². The molecule has 12 heteroatoms. The van der Waals surface area contributed by atoms with Crippen molar-refractivity contribution in [3.05, 3.63) is 0 Å². The van der Waals surface area contributed by atoms with Gasteiger partial charge in [0.25, 0.3) is 10.1 Å². The Morgan fingerprint density at radius 3 is 2.52 bits per heavy atom. The van der Waals surface area contributed by atoms with Crippen molar-refractivity contribution < 1.29 is 43.9 Å². The van der Waals surface area contributed by atoms with Gasteiger partial charge in [-0.1, -0.05) is 0 Å². The zero-order chi connectivity index (χ0) is 15.8. The number of carbonyl (C=O) groups excluding carboxylic acids is 1. The van der Waals surface area contributed by atoms with Gasteiger partial charge in [-0.25, -0.2) is 17.4 Å². The van der Waals surface area contributed by atoms with Crippen molar-refractivity contribution in [1.82, 2.24) is 0 Å². The van der Waals surface area contributed by atoms with Gasteiger partial charge in [0.05, 0.1) is 5.25 Å². The molecule has 3 rings (SSSR count). The number of ether oxygens (including phenoxy) is 1. The minimum absolute atomic E-state index is 0.117. The fourth-order valence-electron chi connectivity index (χ4n) is 3.41. The Morgan fingerprint density at radius 2 is 2.00 bits per heavy atom. The van der Waals surface area contributed by atoms with E-state index in [1.165, 1.54) is 0 Å². The highest BCUT2D eigenvalue weighted by atomic mass is 32.2. The van der Waals surface area contributed by atoms with Crippen molar-refractivity contribution in [2.75, 3.05) is 0 Å².